The largest absolute Gasteiger partial charge is 0.390 e. The molecule has 9 nitrogen and oxygen atoms in total. The Kier molecular flexibility index (Phi) is 5.35. The van der Waals surface area contributed by atoms with Gasteiger partial charge < -0.3 is 20.5 Å². The highest BCUT2D eigenvalue weighted by Gasteiger charge is 2.22. The Balaban J connectivity index is 2.78. The van der Waals surface area contributed by atoms with Gasteiger partial charge in [-0.05, 0) is 6.42 Å². The summed E-state index contributed by atoms with van der Waals surface area (Å²) < 4.78 is 0. The fourth-order valence-corrected chi connectivity index (χ4v) is 1.57. The van der Waals surface area contributed by atoms with Crippen molar-refractivity contribution in [3.8, 4) is 0 Å². The van der Waals surface area contributed by atoms with Crippen molar-refractivity contribution in [1.29, 1.82) is 0 Å². The number of nitrogens with one attached hydrogen (secondary N) is 2. The number of amides is 1. The van der Waals surface area contributed by atoms with Crippen LogP contribution in [0.4, 0.5) is 5.69 Å². The van der Waals surface area contributed by atoms with Crippen molar-refractivity contribution in [2.45, 2.75) is 25.6 Å². The van der Waals surface area contributed by atoms with Gasteiger partial charge in [0.25, 0.3) is 0 Å². The first kappa shape index (κ1) is 15.8. The van der Waals surface area contributed by atoms with E-state index in [-0.39, 0.29) is 24.4 Å². The van der Waals surface area contributed by atoms with Gasteiger partial charge in [-0.25, -0.2) is 0 Å². The Morgan fingerprint density at radius 3 is 2.75 bits per heavy atom. The van der Waals surface area contributed by atoms with Gasteiger partial charge in [-0.2, -0.15) is 0 Å². The number of hydrogen-bond acceptors (Lipinski definition) is 6. The van der Waals surface area contributed by atoms with E-state index in [0.717, 1.165) is 12.3 Å². The van der Waals surface area contributed by atoms with Crippen molar-refractivity contribution in [2.24, 2.45) is 0 Å². The fourth-order valence-electron chi connectivity index (χ4n) is 1.57. The number of hydrogen-bond donors (Lipinski definition) is 4. The highest BCUT2D eigenvalue weighted by molar-refractivity contribution is 5.72. The molecule has 0 aliphatic rings. The number of aromatic amines is 1. The molecule has 2 unspecified atom stereocenters. The Hall–Kier alpha value is -2.26. The summed E-state index contributed by atoms with van der Waals surface area (Å²) in [6.45, 7) is 1.47. The summed E-state index contributed by atoms with van der Waals surface area (Å²) in [4.78, 5) is 33.7. The summed E-state index contributed by atoms with van der Waals surface area (Å²) in [6, 6.07) is 0.908. The van der Waals surface area contributed by atoms with Gasteiger partial charge in [-0.3, -0.25) is 19.7 Å². The lowest BCUT2D eigenvalue weighted by Gasteiger charge is -2.17. The van der Waals surface area contributed by atoms with Crippen LogP contribution in [0.3, 0.4) is 0 Å². The van der Waals surface area contributed by atoms with Crippen molar-refractivity contribution >= 4 is 11.6 Å². The number of aliphatic hydroxyl groups is 2. The smallest absolute Gasteiger partial charge is 0.334 e. The summed E-state index contributed by atoms with van der Waals surface area (Å²) in [5.74, 6) is -0.272. The molecule has 1 heterocycles. The van der Waals surface area contributed by atoms with E-state index >= 15 is 0 Å². The zero-order valence-corrected chi connectivity index (χ0v) is 10.7. The molecule has 1 aromatic rings. The molecule has 0 radical (unpaired) electrons. The molecule has 0 fully saturated rings. The standard InChI is InChI=1S/C11H15N3O6/c1-6(15)12-3-2-9(16)10(17)7-4-8(14(19)20)11(18)13-5-7/h4-5,9-10,16-17H,2-3H2,1H3,(H,12,15)(H,13,18). The van der Waals surface area contributed by atoms with Crippen molar-refractivity contribution in [2.75, 3.05) is 6.54 Å². The fraction of sp³-hybridized carbons (Fsp3) is 0.455. The van der Waals surface area contributed by atoms with Crippen LogP contribution in [0.25, 0.3) is 0 Å². The number of pyridine rings is 1. The molecule has 20 heavy (non-hydrogen) atoms. The minimum atomic E-state index is -1.40. The maximum absolute atomic E-state index is 11.2. The Morgan fingerprint density at radius 2 is 2.20 bits per heavy atom. The highest BCUT2D eigenvalue weighted by Crippen LogP contribution is 2.19. The number of H-pyrrole nitrogens is 1. The summed E-state index contributed by atoms with van der Waals surface area (Å²) in [7, 11) is 0. The van der Waals surface area contributed by atoms with Crippen LogP contribution in [-0.2, 0) is 4.79 Å². The molecule has 2 atom stereocenters. The predicted octanol–water partition coefficient (Wildman–Crippen LogP) is -0.796. The maximum Gasteiger partial charge on any atom is 0.334 e. The molecule has 0 aromatic carbocycles. The van der Waals surface area contributed by atoms with Crippen molar-refractivity contribution in [3.05, 3.63) is 38.3 Å². The minimum Gasteiger partial charge on any atom is -0.390 e. The first-order valence-electron chi connectivity index (χ1n) is 5.80. The molecule has 0 saturated carbocycles. The van der Waals surface area contributed by atoms with E-state index in [4.69, 9.17) is 0 Å². The number of carbonyl (C=O) groups excluding carboxylic acids is 1. The molecule has 1 amide bonds. The van der Waals surface area contributed by atoms with Crippen LogP contribution in [0.5, 0.6) is 0 Å². The molecule has 110 valence electrons. The van der Waals surface area contributed by atoms with Gasteiger partial charge in [0.1, 0.15) is 6.10 Å². The van der Waals surface area contributed by atoms with E-state index in [9.17, 15) is 29.9 Å². The van der Waals surface area contributed by atoms with E-state index in [2.05, 4.69) is 10.3 Å². The normalized spacial score (nSPS) is 13.6. The third-order valence-electron chi connectivity index (χ3n) is 2.62. The van der Waals surface area contributed by atoms with Gasteiger partial charge in [0.2, 0.25) is 5.91 Å². The number of carbonyl (C=O) groups is 1. The molecule has 1 aromatic heterocycles. The van der Waals surface area contributed by atoms with Crippen LogP contribution in [0.2, 0.25) is 0 Å². The SMILES string of the molecule is CC(=O)NCCC(O)C(O)c1c[nH]c(=O)c([N+](=O)[O-])c1. The van der Waals surface area contributed by atoms with Crippen LogP contribution >= 0.6 is 0 Å². The Labute approximate surface area is 113 Å². The van der Waals surface area contributed by atoms with E-state index in [1.165, 1.54) is 6.92 Å². The number of rotatable bonds is 6. The van der Waals surface area contributed by atoms with E-state index in [0.29, 0.717) is 0 Å². The molecule has 9 heteroatoms. The second kappa shape index (κ2) is 6.78. The molecule has 0 aliphatic heterocycles. The summed E-state index contributed by atoms with van der Waals surface area (Å²) in [5, 5.41) is 32.6. The molecule has 0 spiro atoms. The average molecular weight is 285 g/mol. The maximum atomic E-state index is 11.2. The summed E-state index contributed by atoms with van der Waals surface area (Å²) >= 11 is 0. The zero-order valence-electron chi connectivity index (χ0n) is 10.7. The van der Waals surface area contributed by atoms with Gasteiger partial charge in [0.15, 0.2) is 0 Å². The lowest BCUT2D eigenvalue weighted by atomic mass is 10.0. The second-order valence-electron chi connectivity index (χ2n) is 4.19. The quantitative estimate of drug-likeness (QED) is 0.398. The summed E-state index contributed by atoms with van der Waals surface area (Å²) in [5.41, 5.74) is -1.58. The monoisotopic (exact) mass is 285 g/mol. The first-order chi connectivity index (χ1) is 9.32. The van der Waals surface area contributed by atoms with Gasteiger partial charge in [-0.15, -0.1) is 0 Å². The average Bonchev–Trinajstić information content (AvgIpc) is 2.37. The molecule has 0 saturated heterocycles. The predicted molar refractivity (Wildman–Crippen MR) is 68.0 cm³/mol. The van der Waals surface area contributed by atoms with Crippen LogP contribution in [0.1, 0.15) is 25.0 Å². The second-order valence-corrected chi connectivity index (χ2v) is 4.19. The van der Waals surface area contributed by atoms with E-state index in [1.54, 1.807) is 0 Å². The number of nitro groups is 1. The minimum absolute atomic E-state index is 0.0200. The van der Waals surface area contributed by atoms with Crippen LogP contribution in [0.15, 0.2) is 17.1 Å². The zero-order chi connectivity index (χ0) is 15.3. The topological polar surface area (TPSA) is 146 Å². The van der Waals surface area contributed by atoms with Crippen LogP contribution in [0, 0.1) is 10.1 Å². The third kappa shape index (κ3) is 4.14. The van der Waals surface area contributed by atoms with Crippen LogP contribution < -0.4 is 10.9 Å². The number of aliphatic hydroxyl groups excluding tert-OH is 2. The van der Waals surface area contributed by atoms with Gasteiger partial charge in [0.05, 0.1) is 11.0 Å². The lowest BCUT2D eigenvalue weighted by Crippen LogP contribution is -2.28. The molecule has 4 N–H and O–H groups in total. The lowest BCUT2D eigenvalue weighted by molar-refractivity contribution is -0.386. The third-order valence-corrected chi connectivity index (χ3v) is 2.62. The van der Waals surface area contributed by atoms with Crippen LogP contribution in [-0.4, -0.2) is 38.7 Å². The van der Waals surface area contributed by atoms with Gasteiger partial charge >= 0.3 is 11.2 Å². The highest BCUT2D eigenvalue weighted by atomic mass is 16.6. The van der Waals surface area contributed by atoms with Crippen molar-refractivity contribution in [1.82, 2.24) is 10.3 Å². The van der Waals surface area contributed by atoms with Crippen molar-refractivity contribution in [3.63, 3.8) is 0 Å². The molecular weight excluding hydrogens is 270 g/mol. The first-order valence-corrected chi connectivity index (χ1v) is 5.80. The Morgan fingerprint density at radius 1 is 1.55 bits per heavy atom. The van der Waals surface area contributed by atoms with E-state index < -0.39 is 28.4 Å². The number of aromatic nitrogens is 1. The Bertz CT molecular complexity index is 555. The summed E-state index contributed by atoms with van der Waals surface area (Å²) in [6.07, 6.45) is -1.47. The van der Waals surface area contributed by atoms with E-state index in [1.807, 2.05) is 0 Å². The molecular formula is C11H15N3O6. The molecule has 1 rings (SSSR count). The van der Waals surface area contributed by atoms with Crippen molar-refractivity contribution < 1.29 is 19.9 Å². The van der Waals surface area contributed by atoms with Gasteiger partial charge in [0, 0.05) is 31.3 Å². The molecule has 0 aliphatic carbocycles. The molecule has 0 bridgehead atoms. The van der Waals surface area contributed by atoms with Gasteiger partial charge in [-0.1, -0.05) is 0 Å². The number of nitrogens with zero attached hydrogens (tertiary/aromatic N) is 1.